The largest absolute Gasteiger partial charge is 0.0682 e. The molecule has 1 aliphatic rings. The van der Waals surface area contributed by atoms with Gasteiger partial charge in [0.25, 0.3) is 0 Å². The van der Waals surface area contributed by atoms with E-state index in [4.69, 9.17) is 0 Å². The third-order valence-electron chi connectivity index (χ3n) is 6.29. The number of hydrogen-bond donors (Lipinski definition) is 0. The van der Waals surface area contributed by atoms with Crippen molar-refractivity contribution in [2.24, 2.45) is 0 Å². The molecule has 0 heterocycles. The Bertz CT molecular complexity index is 242. The van der Waals surface area contributed by atoms with Gasteiger partial charge in [0.2, 0.25) is 0 Å². The van der Waals surface area contributed by atoms with E-state index in [0.29, 0.717) is 10.1 Å². The van der Waals surface area contributed by atoms with Gasteiger partial charge in [-0.2, -0.15) is 0 Å². The second-order valence-corrected chi connectivity index (χ2v) is 15.3. The van der Waals surface area contributed by atoms with Gasteiger partial charge in [-0.25, -0.2) is 0 Å². The minimum atomic E-state index is -1.33. The predicted octanol–water partition coefficient (Wildman–Crippen LogP) is 7.17. The zero-order chi connectivity index (χ0) is 14.7. The fraction of sp³-hybridized carbons (Fsp3) is 1.00. The average molecular weight is 283 g/mol. The summed E-state index contributed by atoms with van der Waals surface area (Å²) in [6, 6.07) is 0. The van der Waals surface area contributed by atoms with Crippen LogP contribution in [0.1, 0.15) is 92.9 Å². The van der Waals surface area contributed by atoms with E-state index in [1.165, 1.54) is 51.4 Å². The summed E-state index contributed by atoms with van der Waals surface area (Å²) in [6.45, 7) is 17.9. The summed E-state index contributed by atoms with van der Waals surface area (Å²) in [4.78, 5) is 0. The van der Waals surface area contributed by atoms with E-state index in [9.17, 15) is 0 Å². The molecule has 0 N–H and O–H groups in total. The van der Waals surface area contributed by atoms with Crippen molar-refractivity contribution in [2.45, 2.75) is 115 Å². The topological polar surface area (TPSA) is 0 Å². The molecule has 0 saturated heterocycles. The minimum absolute atomic E-state index is 0.518. The van der Waals surface area contributed by atoms with Gasteiger partial charge in [0, 0.05) is 0 Å². The van der Waals surface area contributed by atoms with Crippen LogP contribution in [0.4, 0.5) is 0 Å². The van der Waals surface area contributed by atoms with Crippen molar-refractivity contribution in [1.82, 2.24) is 0 Å². The summed E-state index contributed by atoms with van der Waals surface area (Å²) < 4.78 is 0. The van der Waals surface area contributed by atoms with Crippen LogP contribution in [0.25, 0.3) is 0 Å². The van der Waals surface area contributed by atoms with Gasteiger partial charge in [-0.15, -0.1) is 0 Å². The lowest BCUT2D eigenvalue weighted by molar-refractivity contribution is 0.523. The zero-order valence-electron chi connectivity index (χ0n) is 14.7. The molecule has 0 aromatic carbocycles. The van der Waals surface area contributed by atoms with Gasteiger partial charge in [0.15, 0.2) is 0 Å². The summed E-state index contributed by atoms with van der Waals surface area (Å²) in [5.41, 5.74) is 1.03. The van der Waals surface area contributed by atoms with Crippen molar-refractivity contribution in [3.8, 4) is 0 Å². The highest BCUT2D eigenvalue weighted by Gasteiger charge is 2.52. The van der Waals surface area contributed by atoms with E-state index in [1.807, 2.05) is 0 Å². The molecule has 1 saturated carbocycles. The highest BCUT2D eigenvalue weighted by atomic mass is 28.3. The molecule has 0 aromatic rings. The minimum Gasteiger partial charge on any atom is -0.0682 e. The predicted molar refractivity (Wildman–Crippen MR) is 91.7 cm³/mol. The molecule has 19 heavy (non-hydrogen) atoms. The number of hydrogen-bond acceptors (Lipinski definition) is 0. The fourth-order valence-corrected chi connectivity index (χ4v) is 10.8. The Morgan fingerprint density at radius 3 is 1.26 bits per heavy atom. The van der Waals surface area contributed by atoms with E-state index in [0.717, 1.165) is 5.54 Å². The first kappa shape index (κ1) is 17.3. The molecular formula is C18H38Si. The molecule has 1 rings (SSSR count). The normalized spacial score (nSPS) is 21.6. The Hall–Kier alpha value is 0.217. The van der Waals surface area contributed by atoms with Crippen molar-refractivity contribution in [3.05, 3.63) is 0 Å². The van der Waals surface area contributed by atoms with Crippen LogP contribution in [0.2, 0.25) is 22.2 Å². The van der Waals surface area contributed by atoms with Gasteiger partial charge in [0.1, 0.15) is 0 Å². The van der Waals surface area contributed by atoms with Gasteiger partial charge < -0.3 is 0 Å². The first-order valence-electron chi connectivity index (χ1n) is 8.61. The monoisotopic (exact) mass is 282 g/mol. The lowest BCUT2D eigenvalue weighted by Crippen LogP contribution is -2.52. The van der Waals surface area contributed by atoms with Crippen LogP contribution in [-0.4, -0.2) is 8.07 Å². The van der Waals surface area contributed by atoms with Crippen molar-refractivity contribution >= 4 is 8.07 Å². The lowest BCUT2D eigenvalue weighted by atomic mass is 10.1. The van der Waals surface area contributed by atoms with Crippen LogP contribution in [-0.2, 0) is 0 Å². The third kappa shape index (κ3) is 3.86. The quantitative estimate of drug-likeness (QED) is 0.447. The molecule has 0 radical (unpaired) electrons. The van der Waals surface area contributed by atoms with E-state index in [2.05, 4.69) is 48.1 Å². The maximum atomic E-state index is 2.72. The second kappa shape index (κ2) is 6.33. The van der Waals surface area contributed by atoms with Crippen molar-refractivity contribution in [1.29, 1.82) is 0 Å². The van der Waals surface area contributed by atoms with Crippen LogP contribution in [0.5, 0.6) is 0 Å². The SMILES string of the molecule is CC(C)(C)[Si](C)(C1CCCCCCCC1)C(C)(C)C. The number of rotatable bonds is 1. The standard InChI is InChI=1S/C18H38Si/c1-17(2,3)19(7,18(4,5)6)16-14-12-10-8-9-11-13-15-16/h16H,8-15H2,1-7H3. The van der Waals surface area contributed by atoms with E-state index < -0.39 is 8.07 Å². The Kier molecular flexibility index (Phi) is 5.75. The van der Waals surface area contributed by atoms with Crippen LogP contribution in [0, 0.1) is 0 Å². The molecule has 0 aromatic heterocycles. The Morgan fingerprint density at radius 2 is 0.947 bits per heavy atom. The van der Waals surface area contributed by atoms with Crippen LogP contribution in [0.15, 0.2) is 0 Å². The lowest BCUT2D eigenvalue weighted by Gasteiger charge is -2.54. The average Bonchev–Trinajstić information content (AvgIpc) is 2.37. The van der Waals surface area contributed by atoms with E-state index in [1.54, 1.807) is 0 Å². The van der Waals surface area contributed by atoms with Crippen LogP contribution in [0.3, 0.4) is 0 Å². The Labute approximate surface area is 123 Å². The summed E-state index contributed by atoms with van der Waals surface area (Å²) in [5, 5.41) is 1.04. The molecule has 0 aliphatic heterocycles. The van der Waals surface area contributed by atoms with Crippen molar-refractivity contribution in [3.63, 3.8) is 0 Å². The van der Waals surface area contributed by atoms with Crippen LogP contribution >= 0.6 is 0 Å². The van der Waals surface area contributed by atoms with Crippen molar-refractivity contribution < 1.29 is 0 Å². The summed E-state index contributed by atoms with van der Waals surface area (Å²) in [7, 11) is -1.33. The summed E-state index contributed by atoms with van der Waals surface area (Å²) in [5.74, 6) is 0. The third-order valence-corrected chi connectivity index (χ3v) is 14.7. The summed E-state index contributed by atoms with van der Waals surface area (Å²) >= 11 is 0. The van der Waals surface area contributed by atoms with Gasteiger partial charge in [0.05, 0.1) is 8.07 Å². The maximum absolute atomic E-state index is 2.72. The molecule has 1 aliphatic carbocycles. The molecule has 0 bridgehead atoms. The van der Waals surface area contributed by atoms with Gasteiger partial charge in [-0.3, -0.25) is 0 Å². The van der Waals surface area contributed by atoms with Gasteiger partial charge in [-0.05, 0) is 15.6 Å². The van der Waals surface area contributed by atoms with E-state index >= 15 is 0 Å². The van der Waals surface area contributed by atoms with Gasteiger partial charge >= 0.3 is 0 Å². The maximum Gasteiger partial charge on any atom is 0.0643 e. The highest BCUT2D eigenvalue weighted by molar-refractivity contribution is 6.85. The van der Waals surface area contributed by atoms with Crippen molar-refractivity contribution in [2.75, 3.05) is 0 Å². The molecule has 1 fully saturated rings. The smallest absolute Gasteiger partial charge is 0.0643 e. The molecule has 0 nitrogen and oxygen atoms in total. The molecule has 0 amide bonds. The fourth-order valence-electron chi connectivity index (χ4n) is 4.56. The Balaban J connectivity index is 3.01. The van der Waals surface area contributed by atoms with E-state index in [-0.39, 0.29) is 0 Å². The first-order valence-corrected chi connectivity index (χ1v) is 11.2. The molecular weight excluding hydrogens is 244 g/mol. The second-order valence-electron chi connectivity index (χ2n) is 9.10. The van der Waals surface area contributed by atoms with Gasteiger partial charge in [-0.1, -0.05) is 99.5 Å². The molecule has 0 spiro atoms. The summed E-state index contributed by atoms with van der Waals surface area (Å²) in [6.07, 6.45) is 11.9. The first-order chi connectivity index (χ1) is 8.61. The molecule has 0 atom stereocenters. The van der Waals surface area contributed by atoms with Crippen LogP contribution < -0.4 is 0 Å². The molecule has 114 valence electrons. The molecule has 0 unspecified atom stereocenters. The molecule has 1 heteroatoms. The highest BCUT2D eigenvalue weighted by Crippen LogP contribution is 2.59. The Morgan fingerprint density at radius 1 is 0.632 bits per heavy atom. The zero-order valence-corrected chi connectivity index (χ0v) is 15.7.